The molecule has 2 aromatic heterocycles. The van der Waals surface area contributed by atoms with E-state index < -0.39 is 46.3 Å². The zero-order valence-electron chi connectivity index (χ0n) is 16.0. The lowest BCUT2D eigenvalue weighted by molar-refractivity contribution is 0.103. The van der Waals surface area contributed by atoms with Gasteiger partial charge < -0.3 is 10.6 Å². The highest BCUT2D eigenvalue weighted by Gasteiger charge is 2.21. The van der Waals surface area contributed by atoms with Crippen molar-refractivity contribution in [3.8, 4) is 0 Å². The van der Waals surface area contributed by atoms with Gasteiger partial charge in [-0.25, -0.2) is 22.4 Å². The van der Waals surface area contributed by atoms with Gasteiger partial charge in [0, 0.05) is 29.4 Å². The molecule has 0 radical (unpaired) electrons. The number of aromatic nitrogens is 2. The van der Waals surface area contributed by atoms with E-state index in [1.54, 1.807) is 18.3 Å². The molecule has 0 saturated heterocycles. The predicted molar refractivity (Wildman–Crippen MR) is 108 cm³/mol. The lowest BCUT2D eigenvalue weighted by atomic mass is 10.0. The summed E-state index contributed by atoms with van der Waals surface area (Å²) in [6.45, 7) is 0. The number of pyridine rings is 2. The number of hydrogen-bond donors (Lipinski definition) is 2. The monoisotopic (exact) mass is 440 g/mol. The molecule has 0 aliphatic rings. The van der Waals surface area contributed by atoms with Crippen LogP contribution in [-0.4, -0.2) is 21.8 Å². The minimum atomic E-state index is -1.20. The SMILES string of the molecule is O=C(Nc1ccc(F)c(F)c1)Nc1cc(F)cc(C(=O)c2cc3cccnc3cn2)c1F. The number of hydrogen-bond acceptors (Lipinski definition) is 4. The molecular formula is C22H12F4N4O2. The number of amides is 2. The van der Waals surface area contributed by atoms with Crippen molar-refractivity contribution < 1.29 is 27.2 Å². The summed E-state index contributed by atoms with van der Waals surface area (Å²) in [6, 6.07) is 7.59. The number of ketones is 1. The van der Waals surface area contributed by atoms with Crippen LogP contribution in [0, 0.1) is 23.3 Å². The first-order chi connectivity index (χ1) is 15.3. The van der Waals surface area contributed by atoms with Gasteiger partial charge in [-0.15, -0.1) is 0 Å². The Kier molecular flexibility index (Phi) is 5.50. The third kappa shape index (κ3) is 4.24. The van der Waals surface area contributed by atoms with Crippen LogP contribution in [0.2, 0.25) is 0 Å². The normalized spacial score (nSPS) is 10.8. The summed E-state index contributed by atoms with van der Waals surface area (Å²) in [5.74, 6) is -5.40. The number of rotatable bonds is 4. The number of carbonyl (C=O) groups is 2. The maximum atomic E-state index is 14.9. The quantitative estimate of drug-likeness (QED) is 0.343. The predicted octanol–water partition coefficient (Wildman–Crippen LogP) is 5.06. The van der Waals surface area contributed by atoms with Crippen molar-refractivity contribution in [3.05, 3.63) is 95.5 Å². The van der Waals surface area contributed by atoms with Crippen molar-refractivity contribution >= 4 is 34.1 Å². The topological polar surface area (TPSA) is 84.0 Å². The van der Waals surface area contributed by atoms with Gasteiger partial charge in [0.05, 0.1) is 23.0 Å². The minimum absolute atomic E-state index is 0.122. The average molecular weight is 440 g/mol. The first kappa shape index (κ1) is 20.9. The molecule has 4 aromatic rings. The van der Waals surface area contributed by atoms with Crippen molar-refractivity contribution in [2.75, 3.05) is 10.6 Å². The van der Waals surface area contributed by atoms with Gasteiger partial charge in [-0.3, -0.25) is 14.8 Å². The Hall–Kier alpha value is -4.34. The van der Waals surface area contributed by atoms with E-state index in [0.717, 1.165) is 12.1 Å². The highest BCUT2D eigenvalue weighted by molar-refractivity contribution is 6.10. The van der Waals surface area contributed by atoms with Crippen molar-refractivity contribution in [1.29, 1.82) is 0 Å². The molecule has 0 atom stereocenters. The fourth-order valence-electron chi connectivity index (χ4n) is 2.94. The number of nitrogens with zero attached hydrogens (tertiary/aromatic N) is 2. The molecule has 10 heteroatoms. The van der Waals surface area contributed by atoms with E-state index in [1.165, 1.54) is 12.3 Å². The Bertz CT molecular complexity index is 1380. The van der Waals surface area contributed by atoms with E-state index in [1.807, 2.05) is 5.32 Å². The van der Waals surface area contributed by atoms with Crippen LogP contribution in [0.15, 0.2) is 60.9 Å². The first-order valence-corrected chi connectivity index (χ1v) is 9.09. The van der Waals surface area contributed by atoms with Crippen molar-refractivity contribution in [1.82, 2.24) is 9.97 Å². The molecule has 4 rings (SSSR count). The van der Waals surface area contributed by atoms with Crippen LogP contribution >= 0.6 is 0 Å². The average Bonchev–Trinajstić information content (AvgIpc) is 2.77. The number of carbonyl (C=O) groups excluding carboxylic acids is 2. The van der Waals surface area contributed by atoms with Crippen molar-refractivity contribution in [2.45, 2.75) is 0 Å². The molecule has 0 aliphatic heterocycles. The highest BCUT2D eigenvalue weighted by atomic mass is 19.2. The molecular weight excluding hydrogens is 428 g/mol. The zero-order valence-corrected chi connectivity index (χ0v) is 16.0. The van der Waals surface area contributed by atoms with E-state index in [0.29, 0.717) is 29.1 Å². The maximum Gasteiger partial charge on any atom is 0.323 e. The number of nitrogens with one attached hydrogen (secondary N) is 2. The molecule has 0 fully saturated rings. The summed E-state index contributed by atoms with van der Waals surface area (Å²) in [6.07, 6.45) is 2.87. The molecule has 2 heterocycles. The Balaban J connectivity index is 1.60. The number of fused-ring (bicyclic) bond motifs is 1. The maximum absolute atomic E-state index is 14.9. The molecule has 0 unspecified atom stereocenters. The minimum Gasteiger partial charge on any atom is -0.308 e. The zero-order chi connectivity index (χ0) is 22.8. The lowest BCUT2D eigenvalue weighted by Crippen LogP contribution is -2.21. The van der Waals surface area contributed by atoms with E-state index >= 15 is 0 Å². The molecule has 0 spiro atoms. The Labute approximate surface area is 177 Å². The van der Waals surface area contributed by atoms with Gasteiger partial charge in [-0.05, 0) is 30.3 Å². The van der Waals surface area contributed by atoms with Gasteiger partial charge in [-0.1, -0.05) is 6.07 Å². The number of halogens is 4. The molecule has 0 saturated carbocycles. The first-order valence-electron chi connectivity index (χ1n) is 9.09. The van der Waals surface area contributed by atoms with Gasteiger partial charge in [-0.2, -0.15) is 0 Å². The van der Waals surface area contributed by atoms with Gasteiger partial charge in [0.2, 0.25) is 5.78 Å². The number of anilines is 2. The second kappa shape index (κ2) is 8.42. The summed E-state index contributed by atoms with van der Waals surface area (Å²) in [5, 5.41) is 4.78. The van der Waals surface area contributed by atoms with Crippen molar-refractivity contribution in [2.24, 2.45) is 0 Å². The second-order valence-corrected chi connectivity index (χ2v) is 6.62. The standard InChI is InChI=1S/C22H12F4N4O2/c23-12-7-14(21(31)18-6-11-2-1-5-27-19(11)10-28-18)20(26)17(8-12)30-22(32)29-13-3-4-15(24)16(25)9-13/h1-10H,(H2,29,30,32). The molecule has 6 nitrogen and oxygen atoms in total. The molecule has 0 bridgehead atoms. The summed E-state index contributed by atoms with van der Waals surface area (Å²) < 4.78 is 55.3. The third-order valence-electron chi connectivity index (χ3n) is 4.43. The largest absolute Gasteiger partial charge is 0.323 e. The molecule has 0 aliphatic carbocycles. The van der Waals surface area contributed by atoms with Crippen LogP contribution in [0.5, 0.6) is 0 Å². The third-order valence-corrected chi connectivity index (χ3v) is 4.43. The van der Waals surface area contributed by atoms with Crippen LogP contribution in [0.25, 0.3) is 10.9 Å². The lowest BCUT2D eigenvalue weighted by Gasteiger charge is -2.11. The highest BCUT2D eigenvalue weighted by Crippen LogP contribution is 2.24. The van der Waals surface area contributed by atoms with Gasteiger partial charge in [0.1, 0.15) is 11.5 Å². The van der Waals surface area contributed by atoms with E-state index in [4.69, 9.17) is 0 Å². The van der Waals surface area contributed by atoms with Crippen LogP contribution in [-0.2, 0) is 0 Å². The van der Waals surface area contributed by atoms with Crippen molar-refractivity contribution in [3.63, 3.8) is 0 Å². The van der Waals surface area contributed by atoms with Gasteiger partial charge >= 0.3 is 6.03 Å². The molecule has 2 N–H and O–H groups in total. The van der Waals surface area contributed by atoms with E-state index in [2.05, 4.69) is 15.3 Å². The van der Waals surface area contributed by atoms with Crippen LogP contribution < -0.4 is 10.6 Å². The summed E-state index contributed by atoms with van der Waals surface area (Å²) in [4.78, 5) is 32.9. The number of urea groups is 1. The molecule has 160 valence electrons. The summed E-state index contributed by atoms with van der Waals surface area (Å²) >= 11 is 0. The fraction of sp³-hybridized carbons (Fsp3) is 0. The Morgan fingerprint density at radius 3 is 2.44 bits per heavy atom. The second-order valence-electron chi connectivity index (χ2n) is 6.62. The smallest absolute Gasteiger partial charge is 0.308 e. The molecule has 32 heavy (non-hydrogen) atoms. The molecule has 2 amide bonds. The van der Waals surface area contributed by atoms with Crippen LogP contribution in [0.4, 0.5) is 33.7 Å². The van der Waals surface area contributed by atoms with Gasteiger partial charge in [0.25, 0.3) is 0 Å². The summed E-state index contributed by atoms with van der Waals surface area (Å²) in [5.41, 5.74) is -1.03. The Morgan fingerprint density at radius 2 is 1.66 bits per heavy atom. The Morgan fingerprint density at radius 1 is 0.844 bits per heavy atom. The fourth-order valence-corrected chi connectivity index (χ4v) is 2.94. The molecule has 2 aromatic carbocycles. The van der Waals surface area contributed by atoms with Crippen LogP contribution in [0.1, 0.15) is 16.1 Å². The van der Waals surface area contributed by atoms with E-state index in [9.17, 15) is 27.2 Å². The van der Waals surface area contributed by atoms with E-state index in [-0.39, 0.29) is 11.4 Å². The number of benzene rings is 2. The van der Waals surface area contributed by atoms with Crippen LogP contribution in [0.3, 0.4) is 0 Å². The summed E-state index contributed by atoms with van der Waals surface area (Å²) in [7, 11) is 0. The van der Waals surface area contributed by atoms with Gasteiger partial charge in [0.15, 0.2) is 17.5 Å².